The van der Waals surface area contributed by atoms with E-state index in [9.17, 15) is 13.2 Å². The van der Waals surface area contributed by atoms with Crippen LogP contribution in [-0.4, -0.2) is 76.9 Å². The van der Waals surface area contributed by atoms with Gasteiger partial charge in [0.05, 0.1) is 12.2 Å². The van der Waals surface area contributed by atoms with E-state index in [1.54, 1.807) is 20.2 Å². The molecule has 0 aliphatic carbocycles. The maximum Gasteiger partial charge on any atom is 0.416 e. The maximum absolute atomic E-state index is 12.9. The number of guanidine groups is 1. The van der Waals surface area contributed by atoms with Crippen LogP contribution in [0.1, 0.15) is 25.3 Å². The van der Waals surface area contributed by atoms with E-state index in [1.807, 2.05) is 11.8 Å². The first-order valence-corrected chi connectivity index (χ1v) is 10.4. The van der Waals surface area contributed by atoms with Crippen LogP contribution < -0.4 is 15.5 Å². The van der Waals surface area contributed by atoms with Gasteiger partial charge >= 0.3 is 6.18 Å². The van der Waals surface area contributed by atoms with Crippen molar-refractivity contribution in [1.29, 1.82) is 0 Å². The Hall–Kier alpha value is -2.00. The lowest BCUT2D eigenvalue weighted by Crippen LogP contribution is -2.47. The predicted molar refractivity (Wildman–Crippen MR) is 115 cm³/mol. The Labute approximate surface area is 177 Å². The third-order valence-electron chi connectivity index (χ3n) is 5.13. The first-order chi connectivity index (χ1) is 14.3. The van der Waals surface area contributed by atoms with Crippen molar-refractivity contribution < 1.29 is 17.9 Å². The summed E-state index contributed by atoms with van der Waals surface area (Å²) < 4.78 is 43.9. The number of rotatable bonds is 9. The minimum Gasteiger partial charge on any atom is -0.383 e. The number of benzene rings is 1. The van der Waals surface area contributed by atoms with Gasteiger partial charge in [-0.15, -0.1) is 0 Å². The SMILES string of the molecule is CN=C(NCCCCN1CCN(c2cccc(C(F)(F)F)c2)CC1)NC(C)COC. The Kier molecular flexibility index (Phi) is 9.71. The molecule has 2 rings (SSSR count). The summed E-state index contributed by atoms with van der Waals surface area (Å²) in [4.78, 5) is 8.61. The molecule has 0 bridgehead atoms. The molecular formula is C21H34F3N5O. The van der Waals surface area contributed by atoms with Crippen molar-refractivity contribution >= 4 is 11.6 Å². The fourth-order valence-electron chi connectivity index (χ4n) is 3.50. The Morgan fingerprint density at radius 1 is 1.20 bits per heavy atom. The molecule has 1 aliphatic heterocycles. The number of nitrogens with one attached hydrogen (secondary N) is 2. The molecule has 6 nitrogen and oxygen atoms in total. The highest BCUT2D eigenvalue weighted by atomic mass is 19.4. The minimum atomic E-state index is -4.30. The van der Waals surface area contributed by atoms with E-state index in [0.29, 0.717) is 12.3 Å². The van der Waals surface area contributed by atoms with Gasteiger partial charge in [0.1, 0.15) is 0 Å². The second kappa shape index (κ2) is 12.0. The second-order valence-electron chi connectivity index (χ2n) is 7.58. The largest absolute Gasteiger partial charge is 0.416 e. The van der Waals surface area contributed by atoms with Crippen molar-refractivity contribution in [2.75, 3.05) is 64.9 Å². The molecule has 1 fully saturated rings. The molecule has 1 saturated heterocycles. The summed E-state index contributed by atoms with van der Waals surface area (Å²) in [6.07, 6.45) is -2.22. The molecule has 0 spiro atoms. The summed E-state index contributed by atoms with van der Waals surface area (Å²) in [6, 6.07) is 5.79. The monoisotopic (exact) mass is 429 g/mol. The molecule has 1 unspecified atom stereocenters. The zero-order chi connectivity index (χ0) is 22.0. The van der Waals surface area contributed by atoms with Crippen LogP contribution >= 0.6 is 0 Å². The number of unbranched alkanes of at least 4 members (excludes halogenated alkanes) is 1. The van der Waals surface area contributed by atoms with Gasteiger partial charge < -0.3 is 20.3 Å². The average Bonchev–Trinajstić information content (AvgIpc) is 2.73. The van der Waals surface area contributed by atoms with Crippen LogP contribution in [0.4, 0.5) is 18.9 Å². The van der Waals surface area contributed by atoms with Gasteiger partial charge in [0.25, 0.3) is 0 Å². The maximum atomic E-state index is 12.9. The quantitative estimate of drug-likeness (QED) is 0.359. The fourth-order valence-corrected chi connectivity index (χ4v) is 3.50. The fraction of sp³-hybridized carbons (Fsp3) is 0.667. The predicted octanol–water partition coefficient (Wildman–Crippen LogP) is 2.81. The highest BCUT2D eigenvalue weighted by molar-refractivity contribution is 5.79. The van der Waals surface area contributed by atoms with Crippen LogP contribution in [-0.2, 0) is 10.9 Å². The highest BCUT2D eigenvalue weighted by Crippen LogP contribution is 2.31. The molecule has 1 atom stereocenters. The van der Waals surface area contributed by atoms with Crippen LogP contribution in [0, 0.1) is 0 Å². The molecule has 1 aromatic carbocycles. The molecule has 1 aliphatic rings. The molecule has 0 aromatic heterocycles. The van der Waals surface area contributed by atoms with E-state index < -0.39 is 11.7 Å². The van der Waals surface area contributed by atoms with Gasteiger partial charge in [-0.25, -0.2) is 0 Å². The third-order valence-corrected chi connectivity index (χ3v) is 5.13. The number of aliphatic imine (C=N–C) groups is 1. The van der Waals surface area contributed by atoms with Crippen molar-refractivity contribution in [3.63, 3.8) is 0 Å². The molecular weight excluding hydrogens is 395 g/mol. The summed E-state index contributed by atoms with van der Waals surface area (Å²) in [7, 11) is 3.42. The summed E-state index contributed by atoms with van der Waals surface area (Å²) in [6.45, 7) is 7.69. The van der Waals surface area contributed by atoms with E-state index in [-0.39, 0.29) is 6.04 Å². The van der Waals surface area contributed by atoms with E-state index in [0.717, 1.165) is 64.1 Å². The molecule has 9 heteroatoms. The molecule has 30 heavy (non-hydrogen) atoms. The van der Waals surface area contributed by atoms with E-state index >= 15 is 0 Å². The Bertz CT molecular complexity index is 660. The lowest BCUT2D eigenvalue weighted by atomic mass is 10.1. The molecule has 0 saturated carbocycles. The third kappa shape index (κ3) is 8.02. The molecule has 0 amide bonds. The van der Waals surface area contributed by atoms with Crippen LogP contribution in [0.25, 0.3) is 0 Å². The highest BCUT2D eigenvalue weighted by Gasteiger charge is 2.31. The zero-order valence-corrected chi connectivity index (χ0v) is 18.1. The first-order valence-electron chi connectivity index (χ1n) is 10.4. The number of methoxy groups -OCH3 is 1. The average molecular weight is 430 g/mol. The number of nitrogens with zero attached hydrogens (tertiary/aromatic N) is 3. The summed E-state index contributed by atoms with van der Waals surface area (Å²) in [5.74, 6) is 0.772. The summed E-state index contributed by atoms with van der Waals surface area (Å²) in [5.41, 5.74) is 0.0614. The van der Waals surface area contributed by atoms with E-state index in [4.69, 9.17) is 4.74 Å². The topological polar surface area (TPSA) is 52.1 Å². The Morgan fingerprint density at radius 2 is 1.93 bits per heavy atom. The Morgan fingerprint density at radius 3 is 2.57 bits per heavy atom. The number of piperazine rings is 1. The molecule has 0 radical (unpaired) electrons. The second-order valence-corrected chi connectivity index (χ2v) is 7.58. The van der Waals surface area contributed by atoms with Crippen LogP contribution in [0.2, 0.25) is 0 Å². The van der Waals surface area contributed by atoms with Crippen molar-refractivity contribution in [2.24, 2.45) is 4.99 Å². The van der Waals surface area contributed by atoms with Gasteiger partial charge in [-0.05, 0) is 44.5 Å². The van der Waals surface area contributed by atoms with Crippen LogP contribution in [0.15, 0.2) is 29.3 Å². The number of halogens is 3. The van der Waals surface area contributed by atoms with E-state index in [2.05, 4.69) is 20.5 Å². The zero-order valence-electron chi connectivity index (χ0n) is 18.1. The van der Waals surface area contributed by atoms with Gasteiger partial charge in [0.15, 0.2) is 5.96 Å². The smallest absolute Gasteiger partial charge is 0.383 e. The Balaban J connectivity index is 1.65. The van der Waals surface area contributed by atoms with Gasteiger partial charge in [0, 0.05) is 58.6 Å². The molecule has 2 N–H and O–H groups in total. The van der Waals surface area contributed by atoms with Crippen LogP contribution in [0.3, 0.4) is 0 Å². The number of anilines is 1. The number of hydrogen-bond donors (Lipinski definition) is 2. The van der Waals surface area contributed by atoms with E-state index in [1.165, 1.54) is 12.1 Å². The number of hydrogen-bond acceptors (Lipinski definition) is 4. The van der Waals surface area contributed by atoms with Crippen molar-refractivity contribution in [3.8, 4) is 0 Å². The standard InChI is InChI=1S/C21H34F3N5O/c1-17(16-30-3)27-20(25-2)26-9-4-5-10-28-11-13-29(14-12-28)19-8-6-7-18(15-19)21(22,23)24/h6-8,15,17H,4-5,9-14,16H2,1-3H3,(H2,25,26,27). The van der Waals surface area contributed by atoms with Crippen molar-refractivity contribution in [3.05, 3.63) is 29.8 Å². The van der Waals surface area contributed by atoms with Gasteiger partial charge in [-0.3, -0.25) is 9.89 Å². The van der Waals surface area contributed by atoms with Gasteiger partial charge in [0.2, 0.25) is 0 Å². The summed E-state index contributed by atoms with van der Waals surface area (Å²) in [5, 5.41) is 6.58. The summed E-state index contributed by atoms with van der Waals surface area (Å²) >= 11 is 0. The molecule has 1 heterocycles. The lowest BCUT2D eigenvalue weighted by Gasteiger charge is -2.36. The molecule has 170 valence electrons. The van der Waals surface area contributed by atoms with Crippen LogP contribution in [0.5, 0.6) is 0 Å². The molecule has 1 aromatic rings. The lowest BCUT2D eigenvalue weighted by molar-refractivity contribution is -0.137. The first kappa shape index (κ1) is 24.3. The number of ether oxygens (including phenoxy) is 1. The van der Waals surface area contributed by atoms with Gasteiger partial charge in [-0.1, -0.05) is 6.07 Å². The number of alkyl halides is 3. The normalized spacial score (nSPS) is 17.1. The van der Waals surface area contributed by atoms with Crippen molar-refractivity contribution in [1.82, 2.24) is 15.5 Å². The minimum absolute atomic E-state index is 0.189. The van der Waals surface area contributed by atoms with Gasteiger partial charge in [-0.2, -0.15) is 13.2 Å². The van der Waals surface area contributed by atoms with Crippen molar-refractivity contribution in [2.45, 2.75) is 32.0 Å².